The summed E-state index contributed by atoms with van der Waals surface area (Å²) in [6, 6.07) is 7.80. The van der Waals surface area contributed by atoms with Gasteiger partial charge in [-0.15, -0.1) is 10.2 Å². The van der Waals surface area contributed by atoms with Crippen LogP contribution in [0.5, 0.6) is 0 Å². The Balaban J connectivity index is 2.04. The molecule has 6 heteroatoms. The molecule has 0 radical (unpaired) electrons. The van der Waals surface area contributed by atoms with E-state index in [0.29, 0.717) is 5.82 Å². The summed E-state index contributed by atoms with van der Waals surface area (Å²) in [5.41, 5.74) is 1.92. The first-order valence-corrected chi connectivity index (χ1v) is 7.82. The second-order valence-electron chi connectivity index (χ2n) is 5.69. The number of nitrogens with zero attached hydrogens (tertiary/aromatic N) is 2. The fourth-order valence-corrected chi connectivity index (χ4v) is 2.05. The number of rotatable bonds is 6. The predicted molar refractivity (Wildman–Crippen MR) is 89.0 cm³/mol. The van der Waals surface area contributed by atoms with E-state index in [1.54, 1.807) is 0 Å². The van der Waals surface area contributed by atoms with Gasteiger partial charge in [-0.05, 0) is 20.3 Å². The van der Waals surface area contributed by atoms with Crippen LogP contribution in [0, 0.1) is 6.92 Å². The van der Waals surface area contributed by atoms with E-state index in [1.807, 2.05) is 45.0 Å². The molecule has 2 rings (SSSR count). The van der Waals surface area contributed by atoms with Crippen LogP contribution in [0.15, 0.2) is 29.1 Å². The molecule has 1 aromatic carbocycles. The van der Waals surface area contributed by atoms with E-state index in [0.717, 1.165) is 17.5 Å². The van der Waals surface area contributed by atoms with Gasteiger partial charge in [-0.2, -0.15) is 0 Å². The van der Waals surface area contributed by atoms with Crippen molar-refractivity contribution in [1.82, 2.24) is 20.5 Å². The van der Waals surface area contributed by atoms with Gasteiger partial charge in [0.2, 0.25) is 5.91 Å². The lowest BCUT2D eigenvalue weighted by Gasteiger charge is -2.10. The number of benzene rings is 1. The summed E-state index contributed by atoms with van der Waals surface area (Å²) in [4.78, 5) is 26.6. The lowest BCUT2D eigenvalue weighted by molar-refractivity contribution is -0.121. The summed E-state index contributed by atoms with van der Waals surface area (Å²) in [7, 11) is 0. The van der Waals surface area contributed by atoms with E-state index >= 15 is 0 Å². The minimum atomic E-state index is -0.299. The summed E-state index contributed by atoms with van der Waals surface area (Å²) in [5, 5.41) is 10.9. The fraction of sp³-hybridized carbons (Fsp3) is 0.412. The summed E-state index contributed by atoms with van der Waals surface area (Å²) < 4.78 is 0. The second-order valence-corrected chi connectivity index (χ2v) is 5.69. The molecular weight excluding hydrogens is 292 g/mol. The quantitative estimate of drug-likeness (QED) is 0.853. The zero-order valence-corrected chi connectivity index (χ0v) is 13.7. The Kier molecular flexibility index (Phi) is 5.62. The van der Waals surface area contributed by atoms with Crippen molar-refractivity contribution in [2.24, 2.45) is 0 Å². The van der Waals surface area contributed by atoms with Crippen LogP contribution >= 0.6 is 0 Å². The molecule has 1 unspecified atom stereocenters. The van der Waals surface area contributed by atoms with Crippen molar-refractivity contribution in [3.63, 3.8) is 0 Å². The van der Waals surface area contributed by atoms with Crippen LogP contribution in [0.4, 0.5) is 0 Å². The van der Waals surface area contributed by atoms with Gasteiger partial charge in [-0.3, -0.25) is 9.59 Å². The van der Waals surface area contributed by atoms with Crippen molar-refractivity contribution in [3.8, 4) is 11.4 Å². The summed E-state index contributed by atoms with van der Waals surface area (Å²) in [5.74, 6) is 0.353. The molecule has 0 bridgehead atoms. The molecule has 2 aromatic rings. The van der Waals surface area contributed by atoms with Gasteiger partial charge in [0.15, 0.2) is 5.82 Å². The van der Waals surface area contributed by atoms with Crippen molar-refractivity contribution in [1.29, 1.82) is 0 Å². The molecule has 6 nitrogen and oxygen atoms in total. The van der Waals surface area contributed by atoms with Crippen LogP contribution < -0.4 is 10.9 Å². The highest BCUT2D eigenvalue weighted by Gasteiger charge is 2.10. The van der Waals surface area contributed by atoms with Gasteiger partial charge in [-0.1, -0.05) is 36.8 Å². The molecule has 0 saturated heterocycles. The maximum Gasteiger partial charge on any atom is 0.273 e. The molecule has 23 heavy (non-hydrogen) atoms. The zero-order valence-electron chi connectivity index (χ0n) is 13.7. The molecule has 0 aliphatic rings. The normalized spacial score (nSPS) is 12.0. The molecule has 0 saturated carbocycles. The number of aromatic nitrogens is 3. The molecule has 2 N–H and O–H groups in total. The number of hydrogen-bond acceptors (Lipinski definition) is 4. The smallest absolute Gasteiger partial charge is 0.273 e. The average Bonchev–Trinajstić information content (AvgIpc) is 2.54. The Bertz CT molecular complexity index is 722. The highest BCUT2D eigenvalue weighted by atomic mass is 16.1. The van der Waals surface area contributed by atoms with Crippen molar-refractivity contribution in [2.75, 3.05) is 0 Å². The molecule has 0 spiro atoms. The third-order valence-corrected chi connectivity index (χ3v) is 3.70. The fourth-order valence-electron chi connectivity index (χ4n) is 2.05. The number of hydrogen-bond donors (Lipinski definition) is 2. The van der Waals surface area contributed by atoms with E-state index in [-0.39, 0.29) is 36.0 Å². The van der Waals surface area contributed by atoms with Crippen LogP contribution in [0.3, 0.4) is 0 Å². The van der Waals surface area contributed by atoms with Crippen molar-refractivity contribution >= 4 is 5.91 Å². The summed E-state index contributed by atoms with van der Waals surface area (Å²) in [6.07, 6.45) is 1.38. The van der Waals surface area contributed by atoms with Crippen LogP contribution in [0.25, 0.3) is 11.4 Å². The Morgan fingerprint density at radius 3 is 2.57 bits per heavy atom. The van der Waals surface area contributed by atoms with Crippen LogP contribution in [-0.4, -0.2) is 27.1 Å². The first-order valence-electron chi connectivity index (χ1n) is 7.82. The number of carbonyl (C=O) groups is 1. The van der Waals surface area contributed by atoms with Crippen LogP contribution in [-0.2, 0) is 11.2 Å². The van der Waals surface area contributed by atoms with Gasteiger partial charge >= 0.3 is 0 Å². The SMILES string of the molecule is CCC(C)NC(=O)CCc1nnc(-c2ccc(C)cc2)[nH]c1=O. The van der Waals surface area contributed by atoms with E-state index in [2.05, 4.69) is 20.5 Å². The van der Waals surface area contributed by atoms with Crippen molar-refractivity contribution in [2.45, 2.75) is 46.1 Å². The molecule has 1 aromatic heterocycles. The van der Waals surface area contributed by atoms with E-state index in [4.69, 9.17) is 0 Å². The Labute approximate surface area is 135 Å². The van der Waals surface area contributed by atoms with Gasteiger partial charge in [0.25, 0.3) is 5.56 Å². The van der Waals surface area contributed by atoms with E-state index in [1.165, 1.54) is 0 Å². The minimum absolute atomic E-state index is 0.0804. The second kappa shape index (κ2) is 7.67. The highest BCUT2D eigenvalue weighted by Crippen LogP contribution is 2.13. The average molecular weight is 314 g/mol. The van der Waals surface area contributed by atoms with Crippen molar-refractivity contribution in [3.05, 3.63) is 45.9 Å². The molecule has 0 fully saturated rings. The zero-order chi connectivity index (χ0) is 16.8. The molecule has 0 aliphatic heterocycles. The summed E-state index contributed by atoms with van der Waals surface area (Å²) in [6.45, 7) is 5.94. The number of carbonyl (C=O) groups excluding carboxylic acids is 1. The van der Waals surface area contributed by atoms with Gasteiger partial charge in [-0.25, -0.2) is 0 Å². The van der Waals surface area contributed by atoms with Gasteiger partial charge in [0.1, 0.15) is 5.69 Å². The van der Waals surface area contributed by atoms with Crippen LogP contribution in [0.1, 0.15) is 37.9 Å². The van der Waals surface area contributed by atoms with Gasteiger partial charge in [0.05, 0.1) is 0 Å². The number of H-pyrrole nitrogens is 1. The maximum absolute atomic E-state index is 12.1. The van der Waals surface area contributed by atoms with Gasteiger partial charge < -0.3 is 10.3 Å². The number of aromatic amines is 1. The van der Waals surface area contributed by atoms with Crippen LogP contribution in [0.2, 0.25) is 0 Å². The Hall–Kier alpha value is -2.50. The topological polar surface area (TPSA) is 87.7 Å². The largest absolute Gasteiger partial charge is 0.354 e. The Morgan fingerprint density at radius 1 is 1.26 bits per heavy atom. The lowest BCUT2D eigenvalue weighted by atomic mass is 10.1. The highest BCUT2D eigenvalue weighted by molar-refractivity contribution is 5.76. The number of aryl methyl sites for hydroxylation is 2. The number of amides is 1. The molecule has 1 heterocycles. The van der Waals surface area contributed by atoms with E-state index in [9.17, 15) is 9.59 Å². The maximum atomic E-state index is 12.1. The van der Waals surface area contributed by atoms with Gasteiger partial charge in [0, 0.05) is 24.4 Å². The number of nitrogens with one attached hydrogen (secondary N) is 2. The minimum Gasteiger partial charge on any atom is -0.354 e. The third-order valence-electron chi connectivity index (χ3n) is 3.70. The standard InChI is InChI=1S/C17H22N4O2/c1-4-12(3)18-15(22)10-9-14-17(23)19-16(21-20-14)13-7-5-11(2)6-8-13/h5-8,12H,4,9-10H2,1-3H3,(H,18,22)(H,19,21,23). The predicted octanol–water partition coefficient (Wildman–Crippen LogP) is 1.99. The van der Waals surface area contributed by atoms with Crippen molar-refractivity contribution < 1.29 is 4.79 Å². The Morgan fingerprint density at radius 2 is 1.96 bits per heavy atom. The first-order chi connectivity index (χ1) is 11.0. The molecule has 0 aliphatic carbocycles. The third kappa shape index (κ3) is 4.74. The molecule has 1 atom stereocenters. The lowest BCUT2D eigenvalue weighted by Crippen LogP contribution is -2.32. The molecule has 1 amide bonds. The monoisotopic (exact) mass is 314 g/mol. The summed E-state index contributed by atoms with van der Waals surface area (Å²) >= 11 is 0. The molecular formula is C17H22N4O2. The molecule has 122 valence electrons. The van der Waals surface area contributed by atoms with E-state index < -0.39 is 0 Å². The first kappa shape index (κ1) is 16.9.